The molecule has 1 aromatic heterocycles. The number of nitrogens with zero attached hydrogens (tertiary/aromatic N) is 2. The average Bonchev–Trinajstić information content (AvgIpc) is 2.98. The number of carboxylic acids is 1. The van der Waals surface area contributed by atoms with Gasteiger partial charge in [-0.05, 0) is 50.1 Å². The van der Waals surface area contributed by atoms with E-state index in [-0.39, 0.29) is 24.7 Å². The zero-order valence-corrected chi connectivity index (χ0v) is 15.9. The summed E-state index contributed by atoms with van der Waals surface area (Å²) in [5, 5.41) is 15.9. The summed E-state index contributed by atoms with van der Waals surface area (Å²) >= 11 is 0. The molecule has 0 saturated heterocycles. The zero-order valence-electron chi connectivity index (χ0n) is 15.9. The Morgan fingerprint density at radius 3 is 2.70 bits per heavy atom. The summed E-state index contributed by atoms with van der Waals surface area (Å²) in [5.41, 5.74) is 1.94. The Bertz CT molecular complexity index is 811. The number of likely N-dealkylation sites (N-methyl/N-ethyl adjacent to an activating group) is 1. The Labute approximate surface area is 159 Å². The maximum Gasteiger partial charge on any atom is 0.319 e. The molecule has 27 heavy (non-hydrogen) atoms. The van der Waals surface area contributed by atoms with E-state index in [4.69, 9.17) is 5.11 Å². The fourth-order valence-electron chi connectivity index (χ4n) is 3.74. The predicted molar refractivity (Wildman–Crippen MR) is 106 cm³/mol. The number of anilines is 1. The van der Waals surface area contributed by atoms with E-state index < -0.39 is 5.97 Å². The van der Waals surface area contributed by atoms with Crippen molar-refractivity contribution < 1.29 is 14.7 Å². The van der Waals surface area contributed by atoms with Crippen LogP contribution in [0, 0.1) is 0 Å². The fourth-order valence-corrected chi connectivity index (χ4v) is 3.74. The van der Waals surface area contributed by atoms with Gasteiger partial charge < -0.3 is 20.3 Å². The van der Waals surface area contributed by atoms with E-state index >= 15 is 0 Å². The number of aromatic nitrogens is 1. The molecule has 1 saturated carbocycles. The van der Waals surface area contributed by atoms with Gasteiger partial charge in [0.2, 0.25) is 0 Å². The summed E-state index contributed by atoms with van der Waals surface area (Å²) < 4.78 is 2.21. The lowest BCUT2D eigenvalue weighted by molar-refractivity contribution is -0.139. The molecule has 0 radical (unpaired) electrons. The monoisotopic (exact) mass is 372 g/mol. The second kappa shape index (κ2) is 8.43. The highest BCUT2D eigenvalue weighted by molar-refractivity contribution is 5.93. The van der Waals surface area contributed by atoms with Gasteiger partial charge in [0.1, 0.15) is 0 Å². The van der Waals surface area contributed by atoms with E-state index in [1.54, 1.807) is 0 Å². The van der Waals surface area contributed by atoms with Crippen LogP contribution in [-0.4, -0.2) is 51.7 Å². The number of aliphatic carboxylic acids is 1. The van der Waals surface area contributed by atoms with Gasteiger partial charge >= 0.3 is 12.0 Å². The standard InChI is InChI=1S/C20H28N4O3/c1-3-8-24-9-7-14-10-15(5-6-18(14)24)21-20(27)22-16-11-17(12-16)23(4-2)13-19(25)26/h5-7,9-10,16-17H,3-4,8,11-13H2,1-2H3,(H,25,26)(H2,21,22,27). The third-order valence-corrected chi connectivity index (χ3v) is 5.20. The minimum Gasteiger partial charge on any atom is -0.480 e. The first-order valence-electron chi connectivity index (χ1n) is 9.62. The third-order valence-electron chi connectivity index (χ3n) is 5.20. The van der Waals surface area contributed by atoms with E-state index in [9.17, 15) is 9.59 Å². The van der Waals surface area contributed by atoms with Crippen LogP contribution < -0.4 is 10.6 Å². The number of rotatable bonds is 8. The fraction of sp³-hybridized carbons (Fsp3) is 0.500. The Morgan fingerprint density at radius 1 is 1.26 bits per heavy atom. The molecule has 7 nitrogen and oxygen atoms in total. The van der Waals surface area contributed by atoms with Gasteiger partial charge in [-0.1, -0.05) is 13.8 Å². The van der Waals surface area contributed by atoms with Gasteiger partial charge in [-0.15, -0.1) is 0 Å². The molecule has 1 fully saturated rings. The van der Waals surface area contributed by atoms with E-state index in [1.807, 2.05) is 30.0 Å². The van der Waals surface area contributed by atoms with Crippen molar-refractivity contribution in [1.82, 2.24) is 14.8 Å². The van der Waals surface area contributed by atoms with Gasteiger partial charge in [0.15, 0.2) is 0 Å². The molecule has 1 aliphatic rings. The number of hydrogen-bond acceptors (Lipinski definition) is 3. The van der Waals surface area contributed by atoms with Crippen molar-refractivity contribution in [2.75, 3.05) is 18.4 Å². The minimum atomic E-state index is -0.811. The molecule has 0 bridgehead atoms. The molecule has 3 N–H and O–H groups in total. The molecule has 1 aromatic carbocycles. The first kappa shape index (κ1) is 19.2. The molecule has 3 rings (SSSR count). The van der Waals surface area contributed by atoms with Crippen LogP contribution in [0.15, 0.2) is 30.5 Å². The summed E-state index contributed by atoms with van der Waals surface area (Å²) in [7, 11) is 0. The van der Waals surface area contributed by atoms with Crippen molar-refractivity contribution in [1.29, 1.82) is 0 Å². The lowest BCUT2D eigenvalue weighted by Crippen LogP contribution is -2.55. The summed E-state index contributed by atoms with van der Waals surface area (Å²) in [6.45, 7) is 5.85. The third kappa shape index (κ3) is 4.60. The zero-order chi connectivity index (χ0) is 19.4. The Morgan fingerprint density at radius 2 is 2.04 bits per heavy atom. The minimum absolute atomic E-state index is 0.0533. The van der Waals surface area contributed by atoms with Gasteiger partial charge in [0, 0.05) is 41.4 Å². The van der Waals surface area contributed by atoms with Crippen molar-refractivity contribution in [2.45, 2.75) is 51.7 Å². The lowest BCUT2D eigenvalue weighted by atomic mass is 9.85. The number of carbonyl (C=O) groups excluding carboxylic acids is 1. The number of urea groups is 1. The first-order valence-corrected chi connectivity index (χ1v) is 9.62. The largest absolute Gasteiger partial charge is 0.480 e. The Kier molecular flexibility index (Phi) is 6.01. The molecular formula is C20H28N4O3. The van der Waals surface area contributed by atoms with Crippen LogP contribution >= 0.6 is 0 Å². The highest BCUT2D eigenvalue weighted by atomic mass is 16.4. The quantitative estimate of drug-likeness (QED) is 0.664. The van der Waals surface area contributed by atoms with Crippen molar-refractivity contribution in [3.05, 3.63) is 30.5 Å². The smallest absolute Gasteiger partial charge is 0.319 e. The molecule has 1 aliphatic carbocycles. The normalized spacial score (nSPS) is 19.1. The van der Waals surface area contributed by atoms with Crippen LogP contribution in [0.3, 0.4) is 0 Å². The van der Waals surface area contributed by atoms with E-state index in [0.29, 0.717) is 6.54 Å². The van der Waals surface area contributed by atoms with Crippen LogP contribution in [0.1, 0.15) is 33.1 Å². The van der Waals surface area contributed by atoms with Crippen molar-refractivity contribution in [3.8, 4) is 0 Å². The number of nitrogens with one attached hydrogen (secondary N) is 2. The number of hydrogen-bond donors (Lipinski definition) is 3. The maximum atomic E-state index is 12.2. The van der Waals surface area contributed by atoms with Gasteiger partial charge in [0.25, 0.3) is 0 Å². The van der Waals surface area contributed by atoms with E-state index in [2.05, 4.69) is 34.4 Å². The topological polar surface area (TPSA) is 86.6 Å². The second-order valence-corrected chi connectivity index (χ2v) is 7.16. The summed E-state index contributed by atoms with van der Waals surface area (Å²) in [6, 6.07) is 8.10. The van der Waals surface area contributed by atoms with Crippen LogP contribution in [0.25, 0.3) is 10.9 Å². The molecule has 2 amide bonds. The van der Waals surface area contributed by atoms with E-state index in [1.165, 1.54) is 5.52 Å². The Balaban J connectivity index is 1.50. The summed E-state index contributed by atoms with van der Waals surface area (Å²) in [5.74, 6) is -0.811. The van der Waals surface area contributed by atoms with Gasteiger partial charge in [0.05, 0.1) is 6.54 Å². The second-order valence-electron chi connectivity index (χ2n) is 7.16. The van der Waals surface area contributed by atoms with Crippen LogP contribution in [0.2, 0.25) is 0 Å². The van der Waals surface area contributed by atoms with Gasteiger partial charge in [-0.25, -0.2) is 4.79 Å². The number of carbonyl (C=O) groups is 2. The molecule has 0 atom stereocenters. The number of amides is 2. The number of carboxylic acid groups (broad SMARTS) is 1. The molecule has 0 spiro atoms. The molecular weight excluding hydrogens is 344 g/mol. The summed E-state index contributed by atoms with van der Waals surface area (Å²) in [6.07, 6.45) is 4.72. The maximum absolute atomic E-state index is 12.2. The number of fused-ring (bicyclic) bond motifs is 1. The highest BCUT2D eigenvalue weighted by Crippen LogP contribution is 2.26. The van der Waals surface area contributed by atoms with Crippen molar-refractivity contribution in [2.24, 2.45) is 0 Å². The Hall–Kier alpha value is -2.54. The summed E-state index contributed by atoms with van der Waals surface area (Å²) in [4.78, 5) is 25.1. The predicted octanol–water partition coefficient (Wildman–Crippen LogP) is 3.11. The molecule has 0 unspecified atom stereocenters. The first-order chi connectivity index (χ1) is 13.0. The molecule has 7 heteroatoms. The SMILES string of the molecule is CCCn1ccc2cc(NC(=O)NC3CC(N(CC)CC(=O)O)C3)ccc21. The molecule has 146 valence electrons. The molecule has 0 aliphatic heterocycles. The van der Waals surface area contributed by atoms with Crippen LogP contribution in [0.4, 0.5) is 10.5 Å². The van der Waals surface area contributed by atoms with Crippen LogP contribution in [0.5, 0.6) is 0 Å². The molecule has 2 aromatic rings. The number of aryl methyl sites for hydroxylation is 1. The number of benzene rings is 1. The van der Waals surface area contributed by atoms with Crippen LogP contribution in [-0.2, 0) is 11.3 Å². The molecule has 1 heterocycles. The lowest BCUT2D eigenvalue weighted by Gasteiger charge is -2.42. The van der Waals surface area contributed by atoms with E-state index in [0.717, 1.165) is 36.9 Å². The van der Waals surface area contributed by atoms with Crippen molar-refractivity contribution in [3.63, 3.8) is 0 Å². The van der Waals surface area contributed by atoms with Crippen molar-refractivity contribution >= 4 is 28.6 Å². The average molecular weight is 372 g/mol. The highest BCUT2D eigenvalue weighted by Gasteiger charge is 2.34. The van der Waals surface area contributed by atoms with Gasteiger partial charge in [-0.3, -0.25) is 9.69 Å². The van der Waals surface area contributed by atoms with Gasteiger partial charge in [-0.2, -0.15) is 0 Å².